The van der Waals surface area contributed by atoms with E-state index in [0.29, 0.717) is 5.89 Å². The average molecular weight is 285 g/mol. The van der Waals surface area contributed by atoms with E-state index in [0.717, 1.165) is 38.6 Å². The zero-order valence-corrected chi connectivity index (χ0v) is 11.6. The van der Waals surface area contributed by atoms with Crippen LogP contribution in [0.2, 0.25) is 0 Å². The van der Waals surface area contributed by atoms with Gasteiger partial charge in [0.25, 0.3) is 0 Å². The number of oxazole rings is 1. The van der Waals surface area contributed by atoms with E-state index in [9.17, 15) is 0 Å². The van der Waals surface area contributed by atoms with Crippen LogP contribution in [0.3, 0.4) is 0 Å². The molecule has 0 fully saturated rings. The third-order valence-electron chi connectivity index (χ3n) is 3.93. The van der Waals surface area contributed by atoms with Gasteiger partial charge in [-0.3, -0.25) is 0 Å². The number of para-hydroxylation sites is 3. The zero-order chi connectivity index (χ0) is 14.5. The smallest absolute Gasteiger partial charge is 0.228 e. The van der Waals surface area contributed by atoms with Gasteiger partial charge in [-0.05, 0) is 30.3 Å². The number of furan rings is 1. The summed E-state index contributed by atoms with van der Waals surface area (Å²) >= 11 is 0. The molecule has 2 aromatic heterocycles. The van der Waals surface area contributed by atoms with E-state index in [1.54, 1.807) is 0 Å². The van der Waals surface area contributed by atoms with Crippen LogP contribution >= 0.6 is 0 Å². The molecule has 0 amide bonds. The van der Waals surface area contributed by atoms with Crippen molar-refractivity contribution in [2.75, 3.05) is 0 Å². The first-order chi connectivity index (χ1) is 10.9. The average Bonchev–Trinajstić information content (AvgIpc) is 3.15. The van der Waals surface area contributed by atoms with Crippen LogP contribution in [-0.2, 0) is 0 Å². The molecule has 0 spiro atoms. The molecule has 3 nitrogen and oxygen atoms in total. The predicted octanol–water partition coefficient (Wildman–Crippen LogP) is 5.39. The molecule has 104 valence electrons. The minimum absolute atomic E-state index is 0.623. The lowest BCUT2D eigenvalue weighted by Crippen LogP contribution is -1.78. The molecule has 0 bridgehead atoms. The molecule has 0 radical (unpaired) electrons. The molecule has 5 aromatic rings. The molecule has 0 saturated carbocycles. The highest BCUT2D eigenvalue weighted by atomic mass is 16.3. The second-order valence-corrected chi connectivity index (χ2v) is 5.26. The monoisotopic (exact) mass is 285 g/mol. The topological polar surface area (TPSA) is 39.2 Å². The fourth-order valence-corrected chi connectivity index (χ4v) is 2.94. The molecule has 0 aliphatic heterocycles. The summed E-state index contributed by atoms with van der Waals surface area (Å²) in [6.45, 7) is 0. The maximum Gasteiger partial charge on any atom is 0.228 e. The Morgan fingerprint density at radius 1 is 0.636 bits per heavy atom. The van der Waals surface area contributed by atoms with Crippen molar-refractivity contribution in [1.82, 2.24) is 4.98 Å². The third kappa shape index (κ3) is 1.53. The molecule has 0 unspecified atom stereocenters. The van der Waals surface area contributed by atoms with Gasteiger partial charge in [0.1, 0.15) is 16.7 Å². The molecule has 2 heterocycles. The number of aromatic nitrogens is 1. The van der Waals surface area contributed by atoms with Crippen molar-refractivity contribution in [1.29, 1.82) is 0 Å². The lowest BCUT2D eigenvalue weighted by Gasteiger charge is -1.97. The Hall–Kier alpha value is -3.07. The summed E-state index contributed by atoms with van der Waals surface area (Å²) in [6.07, 6.45) is 0. The van der Waals surface area contributed by atoms with E-state index in [2.05, 4.69) is 11.1 Å². The number of hydrogen-bond acceptors (Lipinski definition) is 3. The zero-order valence-electron chi connectivity index (χ0n) is 11.6. The van der Waals surface area contributed by atoms with Gasteiger partial charge in [0.05, 0.1) is 0 Å². The molecular formula is C19H11NO2. The summed E-state index contributed by atoms with van der Waals surface area (Å²) < 4.78 is 11.8. The third-order valence-corrected chi connectivity index (χ3v) is 3.93. The number of rotatable bonds is 1. The number of fused-ring (bicyclic) bond motifs is 4. The van der Waals surface area contributed by atoms with Crippen molar-refractivity contribution < 1.29 is 8.83 Å². The van der Waals surface area contributed by atoms with Crippen LogP contribution in [-0.4, -0.2) is 4.98 Å². The van der Waals surface area contributed by atoms with Crippen LogP contribution in [0.1, 0.15) is 0 Å². The van der Waals surface area contributed by atoms with Crippen molar-refractivity contribution in [3.05, 3.63) is 66.7 Å². The molecule has 0 aliphatic carbocycles. The first kappa shape index (κ1) is 11.6. The summed E-state index contributed by atoms with van der Waals surface area (Å²) in [5.74, 6) is 0.623. The Balaban J connectivity index is 1.90. The number of nitrogens with zero attached hydrogens (tertiary/aromatic N) is 1. The maximum absolute atomic E-state index is 5.93. The van der Waals surface area contributed by atoms with Gasteiger partial charge in [-0.1, -0.05) is 36.4 Å². The highest BCUT2D eigenvalue weighted by molar-refractivity contribution is 6.11. The second kappa shape index (κ2) is 4.21. The molecule has 3 heteroatoms. The van der Waals surface area contributed by atoms with Gasteiger partial charge in [0.2, 0.25) is 5.89 Å². The standard InChI is InChI=1S/C19H11NO2/c1-3-9-15-12(6-1)18-13(7-5-11-17(18)21-15)19-20-14-8-2-4-10-16(14)22-19/h1-11H. The highest BCUT2D eigenvalue weighted by Gasteiger charge is 2.15. The van der Waals surface area contributed by atoms with E-state index in [4.69, 9.17) is 8.83 Å². The Labute approximate surface area is 125 Å². The minimum atomic E-state index is 0.623. The first-order valence-corrected chi connectivity index (χ1v) is 7.16. The SMILES string of the molecule is c1ccc2oc(-c3cccc4oc5ccccc5c34)nc2c1. The van der Waals surface area contributed by atoms with E-state index in [1.807, 2.05) is 60.7 Å². The molecule has 22 heavy (non-hydrogen) atoms. The Morgan fingerprint density at radius 2 is 1.41 bits per heavy atom. The number of benzene rings is 3. The van der Waals surface area contributed by atoms with E-state index < -0.39 is 0 Å². The summed E-state index contributed by atoms with van der Waals surface area (Å²) in [5, 5.41) is 2.13. The van der Waals surface area contributed by atoms with E-state index >= 15 is 0 Å². The lowest BCUT2D eigenvalue weighted by atomic mass is 10.1. The van der Waals surface area contributed by atoms with E-state index in [1.165, 1.54) is 0 Å². The van der Waals surface area contributed by atoms with Crippen molar-refractivity contribution in [2.45, 2.75) is 0 Å². The minimum Gasteiger partial charge on any atom is -0.456 e. The Kier molecular flexibility index (Phi) is 2.22. The van der Waals surface area contributed by atoms with Crippen molar-refractivity contribution in [2.24, 2.45) is 0 Å². The molecule has 0 N–H and O–H groups in total. The van der Waals surface area contributed by atoms with Gasteiger partial charge < -0.3 is 8.83 Å². The first-order valence-electron chi connectivity index (χ1n) is 7.16. The van der Waals surface area contributed by atoms with Crippen LogP contribution in [0.15, 0.2) is 75.6 Å². The van der Waals surface area contributed by atoms with Crippen LogP contribution in [0.4, 0.5) is 0 Å². The van der Waals surface area contributed by atoms with Gasteiger partial charge in [0, 0.05) is 16.3 Å². The molecular weight excluding hydrogens is 274 g/mol. The van der Waals surface area contributed by atoms with Crippen LogP contribution < -0.4 is 0 Å². The fraction of sp³-hybridized carbons (Fsp3) is 0. The predicted molar refractivity (Wildman–Crippen MR) is 86.7 cm³/mol. The van der Waals surface area contributed by atoms with Gasteiger partial charge in [-0.2, -0.15) is 0 Å². The molecule has 3 aromatic carbocycles. The molecule has 0 aliphatic rings. The summed E-state index contributed by atoms with van der Waals surface area (Å²) in [5.41, 5.74) is 4.34. The van der Waals surface area contributed by atoms with Crippen molar-refractivity contribution >= 4 is 33.0 Å². The number of hydrogen-bond donors (Lipinski definition) is 0. The molecule has 5 rings (SSSR count). The van der Waals surface area contributed by atoms with E-state index in [-0.39, 0.29) is 0 Å². The van der Waals surface area contributed by atoms with Gasteiger partial charge in [-0.25, -0.2) is 4.98 Å². The second-order valence-electron chi connectivity index (χ2n) is 5.26. The van der Waals surface area contributed by atoms with Crippen molar-refractivity contribution in [3.8, 4) is 11.5 Å². The van der Waals surface area contributed by atoms with Crippen LogP contribution in [0.5, 0.6) is 0 Å². The van der Waals surface area contributed by atoms with Gasteiger partial charge >= 0.3 is 0 Å². The van der Waals surface area contributed by atoms with Gasteiger partial charge in [-0.15, -0.1) is 0 Å². The van der Waals surface area contributed by atoms with Crippen molar-refractivity contribution in [3.63, 3.8) is 0 Å². The normalized spacial score (nSPS) is 11.6. The Morgan fingerprint density at radius 3 is 2.32 bits per heavy atom. The molecule has 0 saturated heterocycles. The summed E-state index contributed by atoms with van der Waals surface area (Å²) in [4.78, 5) is 4.61. The Bertz CT molecular complexity index is 1100. The fourth-order valence-electron chi connectivity index (χ4n) is 2.94. The largest absolute Gasteiger partial charge is 0.456 e. The summed E-state index contributed by atoms with van der Waals surface area (Å²) in [7, 11) is 0. The lowest BCUT2D eigenvalue weighted by molar-refractivity contribution is 0.620. The van der Waals surface area contributed by atoms with Crippen LogP contribution in [0.25, 0.3) is 44.5 Å². The summed E-state index contributed by atoms with van der Waals surface area (Å²) in [6, 6.07) is 21.8. The maximum atomic E-state index is 5.93. The quantitative estimate of drug-likeness (QED) is 0.414. The van der Waals surface area contributed by atoms with Crippen LogP contribution in [0, 0.1) is 0 Å². The molecule has 0 atom stereocenters. The highest BCUT2D eigenvalue weighted by Crippen LogP contribution is 2.36. The van der Waals surface area contributed by atoms with Gasteiger partial charge in [0.15, 0.2) is 5.58 Å².